The Balaban J connectivity index is 2.56. The molecule has 0 radical (unpaired) electrons. The van der Waals surface area contributed by atoms with E-state index in [-0.39, 0.29) is 5.56 Å². The molecule has 28 heavy (non-hydrogen) atoms. The minimum atomic E-state index is -4.77. The second kappa shape index (κ2) is 9.04. The van der Waals surface area contributed by atoms with Crippen molar-refractivity contribution in [2.45, 2.75) is 32.9 Å². The molecule has 0 fully saturated rings. The number of rotatable bonds is 8. The maximum atomic E-state index is 13.7. The highest BCUT2D eigenvalue weighted by atomic mass is 19.4. The number of alkyl halides is 3. The van der Waals surface area contributed by atoms with Crippen LogP contribution in [0.1, 0.15) is 36.6 Å². The van der Waals surface area contributed by atoms with Gasteiger partial charge in [0, 0.05) is 24.8 Å². The fourth-order valence-electron chi connectivity index (χ4n) is 2.98. The Bertz CT molecular complexity index is 856. The van der Waals surface area contributed by atoms with Crippen LogP contribution in [0.15, 0.2) is 49.7 Å². The van der Waals surface area contributed by atoms with Crippen LogP contribution < -0.4 is 0 Å². The normalized spacial score (nSPS) is 11.4. The van der Waals surface area contributed by atoms with Gasteiger partial charge in [-0.2, -0.15) is 13.2 Å². The van der Waals surface area contributed by atoms with Gasteiger partial charge in [0.1, 0.15) is 5.82 Å². The monoisotopic (exact) mass is 392 g/mol. The van der Waals surface area contributed by atoms with E-state index in [4.69, 9.17) is 0 Å². The molecule has 0 unspecified atom stereocenters. The lowest BCUT2D eigenvalue weighted by Gasteiger charge is -2.27. The summed E-state index contributed by atoms with van der Waals surface area (Å²) in [4.78, 5) is 6.48. The topological polar surface area (TPSA) is 16.1 Å². The molecule has 2 aromatic rings. The Morgan fingerprint density at radius 2 is 1.93 bits per heavy atom. The van der Waals surface area contributed by atoms with E-state index in [2.05, 4.69) is 18.1 Å². The van der Waals surface area contributed by atoms with Gasteiger partial charge in [-0.05, 0) is 49.1 Å². The predicted molar refractivity (Wildman–Crippen MR) is 105 cm³/mol. The number of halogens is 4. The van der Waals surface area contributed by atoms with Crippen LogP contribution >= 0.6 is 0 Å². The van der Waals surface area contributed by atoms with E-state index in [0.717, 1.165) is 37.1 Å². The Morgan fingerprint density at radius 3 is 2.54 bits per heavy atom. The molecule has 0 N–H and O–H groups in total. The van der Waals surface area contributed by atoms with Gasteiger partial charge in [-0.1, -0.05) is 25.6 Å². The van der Waals surface area contributed by atoms with Crippen LogP contribution in [0.3, 0.4) is 0 Å². The van der Waals surface area contributed by atoms with Crippen molar-refractivity contribution in [3.8, 4) is 11.1 Å². The Kier molecular flexibility index (Phi) is 7.00. The first kappa shape index (κ1) is 21.7. The molecule has 150 valence electrons. The molecule has 1 aromatic heterocycles. The summed E-state index contributed by atoms with van der Waals surface area (Å²) in [7, 11) is 0. The first-order valence-corrected chi connectivity index (χ1v) is 9.08. The van der Waals surface area contributed by atoms with E-state index in [0.29, 0.717) is 23.5 Å². The van der Waals surface area contributed by atoms with Crippen molar-refractivity contribution >= 4 is 5.70 Å². The van der Waals surface area contributed by atoms with Crippen LogP contribution in [0.2, 0.25) is 0 Å². The van der Waals surface area contributed by atoms with Crippen molar-refractivity contribution in [2.24, 2.45) is 0 Å². The van der Waals surface area contributed by atoms with E-state index < -0.39 is 17.6 Å². The molecule has 1 aromatic carbocycles. The van der Waals surface area contributed by atoms with Crippen molar-refractivity contribution < 1.29 is 17.6 Å². The maximum Gasteiger partial charge on any atom is 0.419 e. The van der Waals surface area contributed by atoms with Gasteiger partial charge in [-0.3, -0.25) is 4.98 Å². The summed E-state index contributed by atoms with van der Waals surface area (Å²) < 4.78 is 53.2. The number of pyridine rings is 1. The third-order valence-electron chi connectivity index (χ3n) is 4.36. The molecule has 0 aliphatic heterocycles. The number of hydrogen-bond donors (Lipinski definition) is 0. The molecule has 0 saturated heterocycles. The van der Waals surface area contributed by atoms with Gasteiger partial charge in [0.05, 0.1) is 17.0 Å². The van der Waals surface area contributed by atoms with Gasteiger partial charge < -0.3 is 4.90 Å². The molecule has 2 rings (SSSR count). The molecular formula is C22H24F4N2. The number of hydrogen-bond acceptors (Lipinski definition) is 2. The highest BCUT2D eigenvalue weighted by Gasteiger charge is 2.34. The first-order chi connectivity index (χ1) is 13.2. The summed E-state index contributed by atoms with van der Waals surface area (Å²) in [5, 5.41) is 0. The molecule has 0 amide bonds. The molecule has 1 heterocycles. The van der Waals surface area contributed by atoms with E-state index in [1.807, 2.05) is 11.8 Å². The summed E-state index contributed by atoms with van der Waals surface area (Å²) in [5.74, 6) is -1.30. The van der Waals surface area contributed by atoms with Crippen molar-refractivity contribution in [3.63, 3.8) is 0 Å². The minimum Gasteiger partial charge on any atom is -0.370 e. The lowest BCUT2D eigenvalue weighted by molar-refractivity contribution is -0.139. The van der Waals surface area contributed by atoms with E-state index >= 15 is 0 Å². The third-order valence-corrected chi connectivity index (χ3v) is 4.36. The molecule has 2 nitrogen and oxygen atoms in total. The molecule has 0 aliphatic rings. The van der Waals surface area contributed by atoms with Crippen LogP contribution in [-0.4, -0.2) is 23.0 Å². The molecule has 0 aliphatic carbocycles. The van der Waals surface area contributed by atoms with Crippen molar-refractivity contribution in [1.82, 2.24) is 9.88 Å². The van der Waals surface area contributed by atoms with E-state index in [9.17, 15) is 17.6 Å². The summed E-state index contributed by atoms with van der Waals surface area (Å²) >= 11 is 0. The average Bonchev–Trinajstić information content (AvgIpc) is 2.64. The number of aryl methyl sites for hydroxylation is 1. The third kappa shape index (κ3) is 5.00. The second-order valence-corrected chi connectivity index (χ2v) is 6.61. The highest BCUT2D eigenvalue weighted by Crippen LogP contribution is 2.36. The smallest absolute Gasteiger partial charge is 0.370 e. The van der Waals surface area contributed by atoms with Gasteiger partial charge in [0.15, 0.2) is 0 Å². The fraction of sp³-hybridized carbons (Fsp3) is 0.318. The average molecular weight is 392 g/mol. The van der Waals surface area contributed by atoms with Gasteiger partial charge in [0.2, 0.25) is 0 Å². The second-order valence-electron chi connectivity index (χ2n) is 6.61. The predicted octanol–water partition coefficient (Wildman–Crippen LogP) is 6.47. The Morgan fingerprint density at radius 1 is 1.21 bits per heavy atom. The van der Waals surface area contributed by atoms with Crippen LogP contribution in [0, 0.1) is 12.7 Å². The lowest BCUT2D eigenvalue weighted by Crippen LogP contribution is -2.24. The summed E-state index contributed by atoms with van der Waals surface area (Å²) in [6.45, 7) is 13.1. The van der Waals surface area contributed by atoms with Crippen molar-refractivity contribution in [3.05, 3.63) is 72.3 Å². The SMILES string of the molecule is C=CCCN(CCC)C(=C)c1ncc(C)cc1-c1ccc(F)c(C(F)(F)F)c1. The maximum absolute atomic E-state index is 13.7. The van der Waals surface area contributed by atoms with Crippen molar-refractivity contribution in [1.29, 1.82) is 0 Å². The standard InChI is InChI=1S/C22H24F4N2/c1-5-7-11-28(10-6-2)16(4)21-18(12-15(3)14-27-21)17-8-9-20(23)19(13-17)22(24,25)26/h5,8-9,12-14H,1,4,6-7,10-11H2,2-3H3. The van der Waals surface area contributed by atoms with Crippen LogP contribution in [0.4, 0.5) is 17.6 Å². The zero-order valence-corrected chi connectivity index (χ0v) is 16.1. The quantitative estimate of drug-likeness (QED) is 0.378. The fourth-order valence-corrected chi connectivity index (χ4v) is 2.98. The zero-order chi connectivity index (χ0) is 20.9. The number of aromatic nitrogens is 1. The largest absolute Gasteiger partial charge is 0.419 e. The summed E-state index contributed by atoms with van der Waals surface area (Å²) in [6.07, 6.45) is 0.304. The van der Waals surface area contributed by atoms with E-state index in [1.54, 1.807) is 25.3 Å². The van der Waals surface area contributed by atoms with Crippen LogP contribution in [0.5, 0.6) is 0 Å². The van der Waals surface area contributed by atoms with Gasteiger partial charge in [0.25, 0.3) is 0 Å². The molecule has 0 saturated carbocycles. The molecule has 0 atom stereocenters. The summed E-state index contributed by atoms with van der Waals surface area (Å²) in [5.41, 5.74) is 1.36. The minimum absolute atomic E-state index is 0.251. The Labute approximate surface area is 163 Å². The summed E-state index contributed by atoms with van der Waals surface area (Å²) in [6, 6.07) is 4.76. The lowest BCUT2D eigenvalue weighted by atomic mass is 9.98. The first-order valence-electron chi connectivity index (χ1n) is 9.08. The van der Waals surface area contributed by atoms with E-state index in [1.165, 1.54) is 6.07 Å². The molecule has 0 spiro atoms. The molecule has 0 bridgehead atoms. The zero-order valence-electron chi connectivity index (χ0n) is 16.1. The van der Waals surface area contributed by atoms with Gasteiger partial charge >= 0.3 is 6.18 Å². The van der Waals surface area contributed by atoms with Crippen LogP contribution in [0.25, 0.3) is 16.8 Å². The van der Waals surface area contributed by atoms with Crippen molar-refractivity contribution in [2.75, 3.05) is 13.1 Å². The molecule has 6 heteroatoms. The van der Waals surface area contributed by atoms with Gasteiger partial charge in [-0.15, -0.1) is 6.58 Å². The molecular weight excluding hydrogens is 368 g/mol. The Hall–Kier alpha value is -2.63. The highest BCUT2D eigenvalue weighted by molar-refractivity contribution is 5.78. The van der Waals surface area contributed by atoms with Gasteiger partial charge in [-0.25, -0.2) is 4.39 Å². The number of benzene rings is 1. The van der Waals surface area contributed by atoms with Crippen LogP contribution in [-0.2, 0) is 6.18 Å². The number of nitrogens with zero attached hydrogens (tertiary/aromatic N) is 2.